The van der Waals surface area contributed by atoms with Crippen molar-refractivity contribution in [2.75, 3.05) is 14.1 Å². The number of hydrogen-bond acceptors (Lipinski definition) is 5. The zero-order chi connectivity index (χ0) is 24.8. The van der Waals surface area contributed by atoms with Crippen LogP contribution in [0.1, 0.15) is 52.0 Å². The molecular formula is C30H38N2O3. The first kappa shape index (κ1) is 23.4. The molecule has 0 aromatic carbocycles. The SMILES string of the molecule is CN(C)C1C[C@@]23CC[C@@]4(O2)C(=CC(C)(C)[C@]2(C)C(/C=C/c5cccnc5)=CCC42)C=C3[C@@H](O)[C@@H]1O. The molecule has 3 heterocycles. The minimum absolute atomic E-state index is 0.0835. The lowest BCUT2D eigenvalue weighted by atomic mass is 9.49. The summed E-state index contributed by atoms with van der Waals surface area (Å²) in [6.07, 6.45) is 17.0. The highest BCUT2D eigenvalue weighted by molar-refractivity contribution is 5.58. The zero-order valence-corrected chi connectivity index (χ0v) is 21.5. The lowest BCUT2D eigenvalue weighted by Crippen LogP contribution is -2.63. The minimum atomic E-state index is -0.899. The molecule has 7 atom stereocenters. The van der Waals surface area contributed by atoms with Crippen molar-refractivity contribution in [1.82, 2.24) is 9.88 Å². The van der Waals surface area contributed by atoms with Crippen molar-refractivity contribution < 1.29 is 14.9 Å². The molecule has 2 N–H and O–H groups in total. The van der Waals surface area contributed by atoms with Crippen LogP contribution in [0.15, 0.2) is 65.5 Å². The highest BCUT2D eigenvalue weighted by Gasteiger charge is 2.69. The third-order valence-corrected chi connectivity index (χ3v) is 10.3. The van der Waals surface area contributed by atoms with Gasteiger partial charge in [-0.05, 0) is 73.5 Å². The third-order valence-electron chi connectivity index (χ3n) is 10.3. The van der Waals surface area contributed by atoms with E-state index in [0.717, 1.165) is 30.4 Å². The maximum atomic E-state index is 11.2. The van der Waals surface area contributed by atoms with Gasteiger partial charge in [-0.2, -0.15) is 0 Å². The van der Waals surface area contributed by atoms with E-state index in [4.69, 9.17) is 4.74 Å². The number of nitrogens with zero attached hydrogens (tertiary/aromatic N) is 2. The first-order valence-corrected chi connectivity index (χ1v) is 13.0. The van der Waals surface area contributed by atoms with Crippen LogP contribution in [-0.2, 0) is 4.74 Å². The quantitative estimate of drug-likeness (QED) is 0.684. The van der Waals surface area contributed by atoms with Gasteiger partial charge in [0.05, 0.1) is 17.3 Å². The van der Waals surface area contributed by atoms with E-state index in [0.29, 0.717) is 12.3 Å². The second-order valence-electron chi connectivity index (χ2n) is 12.3. The molecule has 1 saturated heterocycles. The number of hydrogen-bond donors (Lipinski definition) is 2. The van der Waals surface area contributed by atoms with Crippen molar-refractivity contribution in [1.29, 1.82) is 0 Å². The van der Waals surface area contributed by atoms with E-state index in [9.17, 15) is 10.2 Å². The number of ether oxygens (including phenoxy) is 1. The van der Waals surface area contributed by atoms with Crippen LogP contribution in [0.2, 0.25) is 0 Å². The van der Waals surface area contributed by atoms with Gasteiger partial charge in [0.2, 0.25) is 0 Å². The smallest absolute Gasteiger partial charge is 0.105 e. The maximum Gasteiger partial charge on any atom is 0.105 e. The molecule has 0 radical (unpaired) electrons. The molecule has 1 saturated carbocycles. The first-order valence-electron chi connectivity index (χ1n) is 13.0. The Morgan fingerprint density at radius 3 is 2.66 bits per heavy atom. The van der Waals surface area contributed by atoms with Gasteiger partial charge in [-0.1, -0.05) is 57.2 Å². The molecule has 35 heavy (non-hydrogen) atoms. The molecule has 1 aromatic heterocycles. The summed E-state index contributed by atoms with van der Waals surface area (Å²) in [5.74, 6) is 0.317. The number of aliphatic hydroxyl groups is 2. The highest BCUT2D eigenvalue weighted by Crippen LogP contribution is 2.70. The number of allylic oxidation sites excluding steroid dienone is 4. The molecule has 2 aliphatic heterocycles. The number of rotatable bonds is 3. The largest absolute Gasteiger partial charge is 0.388 e. The molecule has 5 heteroatoms. The number of fused-ring (bicyclic) bond motifs is 1. The Balaban J connectivity index is 1.43. The number of aliphatic hydroxyl groups excluding tert-OH is 2. The van der Waals surface area contributed by atoms with E-state index in [1.165, 1.54) is 11.1 Å². The van der Waals surface area contributed by atoms with Gasteiger partial charge in [0, 0.05) is 29.8 Å². The van der Waals surface area contributed by atoms with Gasteiger partial charge in [0.1, 0.15) is 6.10 Å². The molecule has 0 amide bonds. The number of aromatic nitrogens is 1. The van der Waals surface area contributed by atoms with Gasteiger partial charge in [0.15, 0.2) is 0 Å². The average Bonchev–Trinajstić information content (AvgIpc) is 3.34. The Bertz CT molecular complexity index is 1170. The summed E-state index contributed by atoms with van der Waals surface area (Å²) in [5, 5.41) is 22.1. The summed E-state index contributed by atoms with van der Waals surface area (Å²) in [6, 6.07) is 3.93. The van der Waals surface area contributed by atoms with E-state index >= 15 is 0 Å². The molecule has 5 aliphatic rings. The molecule has 5 nitrogen and oxygen atoms in total. The first-order chi connectivity index (χ1) is 16.5. The van der Waals surface area contributed by atoms with Crippen LogP contribution in [0, 0.1) is 16.7 Å². The van der Waals surface area contributed by atoms with Crippen LogP contribution in [-0.4, -0.2) is 63.6 Å². The van der Waals surface area contributed by atoms with Gasteiger partial charge in [0.25, 0.3) is 0 Å². The van der Waals surface area contributed by atoms with Gasteiger partial charge >= 0.3 is 0 Å². The summed E-state index contributed by atoms with van der Waals surface area (Å²) in [6.45, 7) is 7.09. The third kappa shape index (κ3) is 2.99. The van der Waals surface area contributed by atoms with Crippen molar-refractivity contribution in [3.8, 4) is 0 Å². The van der Waals surface area contributed by atoms with Crippen molar-refractivity contribution >= 4 is 6.08 Å². The summed E-state index contributed by atoms with van der Waals surface area (Å²) in [7, 11) is 3.96. The molecule has 2 unspecified atom stereocenters. The van der Waals surface area contributed by atoms with Gasteiger partial charge in [-0.3, -0.25) is 4.98 Å². The van der Waals surface area contributed by atoms with Crippen LogP contribution in [0.5, 0.6) is 0 Å². The Morgan fingerprint density at radius 1 is 1.14 bits per heavy atom. The summed E-state index contributed by atoms with van der Waals surface area (Å²) >= 11 is 0. The Hall–Kier alpha value is -2.05. The Labute approximate surface area is 208 Å². The van der Waals surface area contributed by atoms with E-state index in [1.807, 2.05) is 31.3 Å². The lowest BCUT2D eigenvalue weighted by molar-refractivity contribution is -0.171. The lowest BCUT2D eigenvalue weighted by Gasteiger charge is -2.60. The van der Waals surface area contributed by atoms with Crippen LogP contribution in [0.4, 0.5) is 0 Å². The van der Waals surface area contributed by atoms with E-state index in [1.54, 1.807) is 6.20 Å². The van der Waals surface area contributed by atoms with Crippen molar-refractivity contribution in [2.45, 2.75) is 75.9 Å². The van der Waals surface area contributed by atoms with Gasteiger partial charge in [-0.25, -0.2) is 0 Å². The molecule has 2 bridgehead atoms. The standard InChI is InChI=1S/C30H38N2O3/c1-27(2)16-21-15-22-25(33)26(34)23(32(4)5)17-29(22)12-13-30(21,35-29)24-11-10-20(28(24,27)3)9-8-19-7-6-14-31-18-19/h6-10,14-16,18,23-26,33-34H,11-13,17H2,1-5H3/b9-8+/t23?,24?,25-,26-,28-,29-,30-/m1/s1. The maximum absolute atomic E-state index is 11.2. The van der Waals surface area contributed by atoms with Crippen molar-refractivity contribution in [2.24, 2.45) is 16.7 Å². The molecule has 186 valence electrons. The van der Waals surface area contributed by atoms with Crippen molar-refractivity contribution in [3.63, 3.8) is 0 Å². The Kier molecular flexibility index (Phi) is 4.99. The number of pyridine rings is 1. The summed E-state index contributed by atoms with van der Waals surface area (Å²) in [4.78, 5) is 6.29. The topological polar surface area (TPSA) is 65.8 Å². The van der Waals surface area contributed by atoms with E-state index in [-0.39, 0.29) is 22.5 Å². The highest BCUT2D eigenvalue weighted by atomic mass is 16.5. The second kappa shape index (κ2) is 7.48. The predicted molar refractivity (Wildman–Crippen MR) is 137 cm³/mol. The van der Waals surface area contributed by atoms with E-state index in [2.05, 4.69) is 62.2 Å². The Morgan fingerprint density at radius 2 is 1.94 bits per heavy atom. The van der Waals surface area contributed by atoms with Gasteiger partial charge < -0.3 is 19.8 Å². The minimum Gasteiger partial charge on any atom is -0.388 e. The molecular weight excluding hydrogens is 436 g/mol. The fourth-order valence-corrected chi connectivity index (χ4v) is 8.05. The second-order valence-corrected chi connectivity index (χ2v) is 12.3. The molecule has 3 aliphatic carbocycles. The van der Waals surface area contributed by atoms with Crippen molar-refractivity contribution in [3.05, 3.63) is 71.1 Å². The zero-order valence-electron chi connectivity index (χ0n) is 21.5. The molecule has 2 spiro atoms. The molecule has 2 fully saturated rings. The van der Waals surface area contributed by atoms with Crippen LogP contribution in [0.3, 0.4) is 0 Å². The van der Waals surface area contributed by atoms with Crippen LogP contribution >= 0.6 is 0 Å². The summed E-state index contributed by atoms with van der Waals surface area (Å²) < 4.78 is 7.26. The fourth-order valence-electron chi connectivity index (χ4n) is 8.05. The van der Waals surface area contributed by atoms with E-state index < -0.39 is 17.8 Å². The molecule has 6 rings (SSSR count). The average molecular weight is 475 g/mol. The van der Waals surface area contributed by atoms with Crippen LogP contribution < -0.4 is 0 Å². The van der Waals surface area contributed by atoms with Gasteiger partial charge in [-0.15, -0.1) is 0 Å². The normalized spacial score (nSPS) is 43.4. The fraction of sp³-hybridized carbons (Fsp3) is 0.567. The predicted octanol–water partition coefficient (Wildman–Crippen LogP) is 4.30. The monoisotopic (exact) mass is 474 g/mol. The summed E-state index contributed by atoms with van der Waals surface area (Å²) in [5.41, 5.74) is 3.51. The van der Waals surface area contributed by atoms with Crippen LogP contribution in [0.25, 0.3) is 6.08 Å². The number of likely N-dealkylation sites (N-methyl/N-ethyl adjacent to an activating group) is 1. The molecule has 1 aromatic rings.